The van der Waals surface area contributed by atoms with E-state index < -0.39 is 0 Å². The second kappa shape index (κ2) is 5.71. The normalized spacial score (nSPS) is 11.8. The summed E-state index contributed by atoms with van der Waals surface area (Å²) < 4.78 is 5.01. The molecule has 1 aromatic rings. The van der Waals surface area contributed by atoms with Crippen molar-refractivity contribution in [3.8, 4) is 11.5 Å². The Hall–Kier alpha value is -1.77. The van der Waals surface area contributed by atoms with E-state index in [2.05, 4.69) is 0 Å². The van der Waals surface area contributed by atoms with Crippen molar-refractivity contribution in [2.24, 2.45) is 5.41 Å². The lowest BCUT2D eigenvalue weighted by molar-refractivity contribution is -0.122. The van der Waals surface area contributed by atoms with Gasteiger partial charge in [-0.2, -0.15) is 0 Å². The van der Waals surface area contributed by atoms with Crippen LogP contribution in [0.4, 0.5) is 0 Å². The SMILES string of the molecule is CCC(C)(C)C(=O)/C=C/c1ccc(O)c(OC)c1. The van der Waals surface area contributed by atoms with Gasteiger partial charge >= 0.3 is 0 Å². The minimum atomic E-state index is -0.336. The monoisotopic (exact) mass is 248 g/mol. The van der Waals surface area contributed by atoms with Crippen molar-refractivity contribution in [2.45, 2.75) is 27.2 Å². The highest BCUT2D eigenvalue weighted by molar-refractivity contribution is 5.97. The van der Waals surface area contributed by atoms with Crippen LogP contribution in [0, 0.1) is 5.41 Å². The molecule has 1 rings (SSSR count). The fourth-order valence-corrected chi connectivity index (χ4v) is 1.37. The Labute approximate surface area is 108 Å². The van der Waals surface area contributed by atoms with Gasteiger partial charge in [-0.05, 0) is 30.2 Å². The number of aromatic hydroxyl groups is 1. The Morgan fingerprint density at radius 2 is 2.11 bits per heavy atom. The molecule has 0 amide bonds. The Bertz CT molecular complexity index is 459. The van der Waals surface area contributed by atoms with Crippen LogP contribution in [0.1, 0.15) is 32.8 Å². The van der Waals surface area contributed by atoms with Crippen LogP contribution < -0.4 is 4.74 Å². The molecule has 0 saturated carbocycles. The molecule has 0 heterocycles. The summed E-state index contributed by atoms with van der Waals surface area (Å²) in [6.07, 6.45) is 4.12. The van der Waals surface area contributed by atoms with Crippen molar-refractivity contribution in [3.05, 3.63) is 29.8 Å². The summed E-state index contributed by atoms with van der Waals surface area (Å²) >= 11 is 0. The molecule has 0 fully saturated rings. The smallest absolute Gasteiger partial charge is 0.161 e. The highest BCUT2D eigenvalue weighted by Gasteiger charge is 2.22. The third kappa shape index (κ3) is 3.36. The van der Waals surface area contributed by atoms with Crippen LogP contribution in [-0.4, -0.2) is 18.0 Å². The topological polar surface area (TPSA) is 46.5 Å². The van der Waals surface area contributed by atoms with Crippen molar-refractivity contribution in [1.29, 1.82) is 0 Å². The second-order valence-electron chi connectivity index (χ2n) is 4.87. The molecule has 0 saturated heterocycles. The van der Waals surface area contributed by atoms with Crippen LogP contribution in [-0.2, 0) is 4.79 Å². The minimum Gasteiger partial charge on any atom is -0.504 e. The number of hydrogen-bond donors (Lipinski definition) is 1. The molecule has 98 valence electrons. The molecule has 0 aromatic heterocycles. The van der Waals surface area contributed by atoms with Gasteiger partial charge in [0.25, 0.3) is 0 Å². The third-order valence-electron chi connectivity index (χ3n) is 3.18. The molecule has 0 unspecified atom stereocenters. The molecular formula is C15H20O3. The number of carbonyl (C=O) groups excluding carboxylic acids is 1. The average molecular weight is 248 g/mol. The van der Waals surface area contributed by atoms with Gasteiger partial charge < -0.3 is 9.84 Å². The van der Waals surface area contributed by atoms with Gasteiger partial charge in [-0.1, -0.05) is 32.9 Å². The number of benzene rings is 1. The maximum atomic E-state index is 11.9. The zero-order valence-electron chi connectivity index (χ0n) is 11.4. The van der Waals surface area contributed by atoms with E-state index in [4.69, 9.17) is 4.74 Å². The average Bonchev–Trinajstić information content (AvgIpc) is 2.37. The predicted molar refractivity (Wildman–Crippen MR) is 72.8 cm³/mol. The fourth-order valence-electron chi connectivity index (χ4n) is 1.37. The minimum absolute atomic E-state index is 0.0925. The summed E-state index contributed by atoms with van der Waals surface area (Å²) in [4.78, 5) is 11.9. The van der Waals surface area contributed by atoms with Crippen LogP contribution in [0.2, 0.25) is 0 Å². The van der Waals surface area contributed by atoms with E-state index in [0.717, 1.165) is 12.0 Å². The van der Waals surface area contributed by atoms with E-state index in [1.165, 1.54) is 7.11 Å². The molecule has 0 atom stereocenters. The molecular weight excluding hydrogens is 228 g/mol. The lowest BCUT2D eigenvalue weighted by atomic mass is 9.85. The molecule has 1 N–H and O–H groups in total. The van der Waals surface area contributed by atoms with Gasteiger partial charge in [0.2, 0.25) is 0 Å². The van der Waals surface area contributed by atoms with Gasteiger partial charge in [-0.3, -0.25) is 4.79 Å². The number of phenolic OH excluding ortho intramolecular Hbond substituents is 1. The van der Waals surface area contributed by atoms with Crippen molar-refractivity contribution in [1.82, 2.24) is 0 Å². The molecule has 0 aliphatic rings. The lowest BCUT2D eigenvalue weighted by Gasteiger charge is -2.18. The van der Waals surface area contributed by atoms with Crippen LogP contribution >= 0.6 is 0 Å². The third-order valence-corrected chi connectivity index (χ3v) is 3.18. The van der Waals surface area contributed by atoms with E-state index in [1.807, 2.05) is 20.8 Å². The van der Waals surface area contributed by atoms with Gasteiger partial charge in [-0.15, -0.1) is 0 Å². The van der Waals surface area contributed by atoms with Gasteiger partial charge in [-0.25, -0.2) is 0 Å². The number of carbonyl (C=O) groups is 1. The quantitative estimate of drug-likeness (QED) is 0.812. The van der Waals surface area contributed by atoms with E-state index in [1.54, 1.807) is 30.4 Å². The highest BCUT2D eigenvalue weighted by atomic mass is 16.5. The molecule has 3 nitrogen and oxygen atoms in total. The summed E-state index contributed by atoms with van der Waals surface area (Å²) in [6.45, 7) is 5.85. The molecule has 0 aliphatic carbocycles. The number of rotatable bonds is 5. The van der Waals surface area contributed by atoms with E-state index in [-0.39, 0.29) is 16.9 Å². The lowest BCUT2D eigenvalue weighted by Crippen LogP contribution is -2.20. The first kappa shape index (κ1) is 14.3. The molecule has 0 bridgehead atoms. The molecule has 0 spiro atoms. The van der Waals surface area contributed by atoms with E-state index in [0.29, 0.717) is 5.75 Å². The second-order valence-corrected chi connectivity index (χ2v) is 4.87. The van der Waals surface area contributed by atoms with Gasteiger partial charge in [0, 0.05) is 5.41 Å². The summed E-state index contributed by atoms with van der Waals surface area (Å²) in [5.41, 5.74) is 0.488. The zero-order valence-corrected chi connectivity index (χ0v) is 11.4. The first-order chi connectivity index (χ1) is 8.40. The molecule has 3 heteroatoms. The number of methoxy groups -OCH3 is 1. The van der Waals surface area contributed by atoms with Crippen molar-refractivity contribution >= 4 is 11.9 Å². The number of hydrogen-bond acceptors (Lipinski definition) is 3. The van der Waals surface area contributed by atoms with Crippen LogP contribution in [0.15, 0.2) is 24.3 Å². The number of ketones is 1. The van der Waals surface area contributed by atoms with Crippen LogP contribution in [0.25, 0.3) is 6.08 Å². The number of allylic oxidation sites excluding steroid dienone is 1. The summed E-state index contributed by atoms with van der Waals surface area (Å²) in [7, 11) is 1.49. The van der Waals surface area contributed by atoms with E-state index in [9.17, 15) is 9.90 Å². The summed E-state index contributed by atoms with van der Waals surface area (Å²) in [5, 5.41) is 9.46. The highest BCUT2D eigenvalue weighted by Crippen LogP contribution is 2.27. The van der Waals surface area contributed by atoms with Gasteiger partial charge in [0.15, 0.2) is 17.3 Å². The van der Waals surface area contributed by atoms with Crippen LogP contribution in [0.3, 0.4) is 0 Å². The van der Waals surface area contributed by atoms with Gasteiger partial charge in [0.1, 0.15) is 0 Å². The summed E-state index contributed by atoms with van der Waals surface area (Å²) in [6, 6.07) is 4.98. The van der Waals surface area contributed by atoms with Gasteiger partial charge in [0.05, 0.1) is 7.11 Å². The maximum Gasteiger partial charge on any atom is 0.161 e. The first-order valence-corrected chi connectivity index (χ1v) is 6.00. The largest absolute Gasteiger partial charge is 0.504 e. The van der Waals surface area contributed by atoms with Crippen LogP contribution in [0.5, 0.6) is 11.5 Å². The first-order valence-electron chi connectivity index (χ1n) is 6.00. The molecule has 1 aromatic carbocycles. The zero-order chi connectivity index (χ0) is 13.8. The Balaban J connectivity index is 2.88. The number of phenols is 1. The van der Waals surface area contributed by atoms with E-state index >= 15 is 0 Å². The Kier molecular flexibility index (Phi) is 4.54. The Morgan fingerprint density at radius 3 is 2.67 bits per heavy atom. The standard InChI is InChI=1S/C15H20O3/c1-5-15(2,3)14(17)9-7-11-6-8-12(16)13(10-11)18-4/h6-10,16H,5H2,1-4H3/b9-7+. The van der Waals surface area contributed by atoms with Crippen molar-refractivity contribution in [2.75, 3.05) is 7.11 Å². The molecule has 0 radical (unpaired) electrons. The van der Waals surface area contributed by atoms with Crippen molar-refractivity contribution < 1.29 is 14.6 Å². The Morgan fingerprint density at radius 1 is 1.44 bits per heavy atom. The fraction of sp³-hybridized carbons (Fsp3) is 0.400. The summed E-state index contributed by atoms with van der Waals surface area (Å²) in [5.74, 6) is 0.589. The molecule has 0 aliphatic heterocycles. The number of ether oxygens (including phenoxy) is 1. The molecule has 18 heavy (non-hydrogen) atoms. The maximum absolute atomic E-state index is 11.9. The predicted octanol–water partition coefficient (Wildman–Crippen LogP) is 3.42. The van der Waals surface area contributed by atoms with Crippen molar-refractivity contribution in [3.63, 3.8) is 0 Å².